The van der Waals surface area contributed by atoms with E-state index in [4.69, 9.17) is 17.3 Å². The summed E-state index contributed by atoms with van der Waals surface area (Å²) in [5.74, 6) is 0. The fraction of sp³-hybridized carbons (Fsp3) is 0.444. The van der Waals surface area contributed by atoms with Gasteiger partial charge in [-0.15, -0.1) is 0 Å². The fourth-order valence-electron chi connectivity index (χ4n) is 1.49. The minimum atomic E-state index is 0.355. The predicted octanol–water partition coefficient (Wildman–Crippen LogP) is 1.64. The molecule has 0 atom stereocenters. The van der Waals surface area contributed by atoms with E-state index in [1.807, 2.05) is 12.1 Å². The lowest BCUT2D eigenvalue weighted by atomic mass is 9.87. The third-order valence-electron chi connectivity index (χ3n) is 2.29. The van der Waals surface area contributed by atoms with E-state index in [1.165, 1.54) is 0 Å². The number of rotatable bonds is 2. The first-order chi connectivity index (χ1) is 6.25. The zero-order chi connectivity index (χ0) is 9.26. The van der Waals surface area contributed by atoms with Crippen LogP contribution in [0.4, 0.5) is 5.69 Å². The first-order valence-corrected chi connectivity index (χ1v) is 4.76. The van der Waals surface area contributed by atoms with Gasteiger partial charge in [0.1, 0.15) is 0 Å². The van der Waals surface area contributed by atoms with Crippen molar-refractivity contribution in [1.29, 1.82) is 0 Å². The van der Waals surface area contributed by atoms with Gasteiger partial charge < -0.3 is 11.1 Å². The topological polar surface area (TPSA) is 50.9 Å². The Labute approximate surface area is 82.3 Å². The lowest BCUT2D eigenvalue weighted by molar-refractivity contribution is 0.373. The largest absolute Gasteiger partial charge is 0.380 e. The highest BCUT2D eigenvalue weighted by Crippen LogP contribution is 2.25. The molecule has 0 saturated heterocycles. The molecule has 0 aliphatic heterocycles. The van der Waals surface area contributed by atoms with Gasteiger partial charge in [0.2, 0.25) is 0 Å². The number of aromatic nitrogens is 1. The molecule has 1 aliphatic rings. The molecule has 0 aromatic carbocycles. The second-order valence-electron chi connectivity index (χ2n) is 3.41. The van der Waals surface area contributed by atoms with Crippen LogP contribution >= 0.6 is 11.6 Å². The molecule has 1 aliphatic carbocycles. The maximum atomic E-state index is 5.88. The predicted molar refractivity (Wildman–Crippen MR) is 53.9 cm³/mol. The van der Waals surface area contributed by atoms with Crippen LogP contribution in [0.5, 0.6) is 0 Å². The molecule has 4 heteroatoms. The average Bonchev–Trinajstić information content (AvgIpc) is 2.06. The zero-order valence-corrected chi connectivity index (χ0v) is 7.96. The number of pyridine rings is 1. The molecule has 0 radical (unpaired) electrons. The van der Waals surface area contributed by atoms with Gasteiger partial charge in [0.15, 0.2) is 5.15 Å². The quantitative estimate of drug-likeness (QED) is 0.709. The third kappa shape index (κ3) is 1.92. The number of halogens is 1. The van der Waals surface area contributed by atoms with E-state index >= 15 is 0 Å². The summed E-state index contributed by atoms with van der Waals surface area (Å²) in [6.07, 6.45) is 3.72. The highest BCUT2D eigenvalue weighted by atomic mass is 35.5. The summed E-state index contributed by atoms with van der Waals surface area (Å²) >= 11 is 5.88. The first kappa shape index (κ1) is 8.78. The Hall–Kier alpha value is -0.800. The maximum absolute atomic E-state index is 5.88. The molecule has 13 heavy (non-hydrogen) atoms. The van der Waals surface area contributed by atoms with E-state index in [2.05, 4.69) is 10.3 Å². The maximum Gasteiger partial charge on any atom is 0.152 e. The second-order valence-corrected chi connectivity index (χ2v) is 3.77. The number of nitrogens with zero attached hydrogens (tertiary/aromatic N) is 1. The van der Waals surface area contributed by atoms with Gasteiger partial charge in [-0.25, -0.2) is 4.98 Å². The second kappa shape index (κ2) is 3.52. The molecule has 1 saturated carbocycles. The molecule has 0 unspecified atom stereocenters. The average molecular weight is 198 g/mol. The normalized spacial score (nSPS) is 26.6. The molecule has 0 spiro atoms. The summed E-state index contributed by atoms with van der Waals surface area (Å²) in [6, 6.07) is 4.62. The van der Waals surface area contributed by atoms with Crippen molar-refractivity contribution in [3.8, 4) is 0 Å². The Balaban J connectivity index is 1.98. The van der Waals surface area contributed by atoms with E-state index < -0.39 is 0 Å². The van der Waals surface area contributed by atoms with Crippen molar-refractivity contribution >= 4 is 17.3 Å². The lowest BCUT2D eigenvalue weighted by Crippen LogP contribution is -2.44. The summed E-state index contributed by atoms with van der Waals surface area (Å²) in [4.78, 5) is 3.98. The number of nitrogens with one attached hydrogen (secondary N) is 1. The van der Waals surface area contributed by atoms with Crippen LogP contribution in [0.2, 0.25) is 5.15 Å². The van der Waals surface area contributed by atoms with Gasteiger partial charge in [-0.1, -0.05) is 11.6 Å². The van der Waals surface area contributed by atoms with Crippen LogP contribution in [0.1, 0.15) is 12.8 Å². The molecule has 70 valence electrons. The Kier molecular flexibility index (Phi) is 2.38. The molecule has 1 heterocycles. The summed E-state index contributed by atoms with van der Waals surface area (Å²) in [5.41, 5.74) is 6.58. The van der Waals surface area contributed by atoms with E-state index in [0.717, 1.165) is 18.5 Å². The van der Waals surface area contributed by atoms with Crippen LogP contribution in [0, 0.1) is 0 Å². The van der Waals surface area contributed by atoms with Gasteiger partial charge in [-0.3, -0.25) is 0 Å². The van der Waals surface area contributed by atoms with Gasteiger partial charge >= 0.3 is 0 Å². The van der Waals surface area contributed by atoms with Gasteiger partial charge in [0, 0.05) is 18.3 Å². The van der Waals surface area contributed by atoms with Gasteiger partial charge in [0.05, 0.1) is 5.69 Å². The highest BCUT2D eigenvalue weighted by Gasteiger charge is 2.25. The van der Waals surface area contributed by atoms with E-state index in [-0.39, 0.29) is 0 Å². The zero-order valence-electron chi connectivity index (χ0n) is 7.20. The Morgan fingerprint density at radius 1 is 1.54 bits per heavy atom. The van der Waals surface area contributed by atoms with Crippen molar-refractivity contribution in [3.63, 3.8) is 0 Å². The fourth-order valence-corrected chi connectivity index (χ4v) is 1.67. The standard InChI is InChI=1S/C9H12ClN3/c10-9-8(2-1-3-12-9)13-7-4-6(11)5-7/h1-3,6-7,13H,4-5,11H2. The van der Waals surface area contributed by atoms with Gasteiger partial charge in [-0.2, -0.15) is 0 Å². The van der Waals surface area contributed by atoms with Crippen molar-refractivity contribution in [2.45, 2.75) is 24.9 Å². The number of nitrogens with two attached hydrogens (primary N) is 1. The van der Waals surface area contributed by atoms with Crippen LogP contribution < -0.4 is 11.1 Å². The number of hydrogen-bond donors (Lipinski definition) is 2. The number of anilines is 1. The van der Waals surface area contributed by atoms with Gasteiger partial charge in [-0.05, 0) is 25.0 Å². The monoisotopic (exact) mass is 197 g/mol. The van der Waals surface area contributed by atoms with E-state index in [1.54, 1.807) is 6.20 Å². The Bertz CT molecular complexity index is 297. The van der Waals surface area contributed by atoms with Crippen molar-refractivity contribution in [3.05, 3.63) is 23.5 Å². The van der Waals surface area contributed by atoms with Crippen molar-refractivity contribution in [2.75, 3.05) is 5.32 Å². The summed E-state index contributed by atoms with van der Waals surface area (Å²) in [7, 11) is 0. The van der Waals surface area contributed by atoms with Crippen molar-refractivity contribution < 1.29 is 0 Å². The van der Waals surface area contributed by atoms with Crippen LogP contribution in [-0.4, -0.2) is 17.1 Å². The van der Waals surface area contributed by atoms with Crippen molar-refractivity contribution in [1.82, 2.24) is 4.98 Å². The molecule has 3 N–H and O–H groups in total. The third-order valence-corrected chi connectivity index (χ3v) is 2.59. The molecular weight excluding hydrogens is 186 g/mol. The van der Waals surface area contributed by atoms with Crippen LogP contribution in [0.25, 0.3) is 0 Å². The van der Waals surface area contributed by atoms with E-state index in [0.29, 0.717) is 17.2 Å². The molecule has 0 bridgehead atoms. The summed E-state index contributed by atoms with van der Waals surface area (Å²) in [6.45, 7) is 0. The SMILES string of the molecule is NC1CC(Nc2cccnc2Cl)C1. The van der Waals surface area contributed by atoms with E-state index in [9.17, 15) is 0 Å². The number of hydrogen-bond acceptors (Lipinski definition) is 3. The molecule has 1 aromatic heterocycles. The summed E-state index contributed by atoms with van der Waals surface area (Å²) in [5, 5.41) is 3.83. The Morgan fingerprint density at radius 3 is 2.92 bits per heavy atom. The lowest BCUT2D eigenvalue weighted by Gasteiger charge is -2.33. The molecule has 2 rings (SSSR count). The first-order valence-electron chi connectivity index (χ1n) is 4.38. The molecule has 1 fully saturated rings. The van der Waals surface area contributed by atoms with Gasteiger partial charge in [0.25, 0.3) is 0 Å². The van der Waals surface area contributed by atoms with Crippen LogP contribution in [0.15, 0.2) is 18.3 Å². The molecular formula is C9H12ClN3. The Morgan fingerprint density at radius 2 is 2.31 bits per heavy atom. The molecule has 1 aromatic rings. The minimum Gasteiger partial charge on any atom is -0.380 e. The molecule has 3 nitrogen and oxygen atoms in total. The van der Waals surface area contributed by atoms with Crippen LogP contribution in [0.3, 0.4) is 0 Å². The van der Waals surface area contributed by atoms with Crippen molar-refractivity contribution in [2.24, 2.45) is 5.73 Å². The summed E-state index contributed by atoms with van der Waals surface area (Å²) < 4.78 is 0. The smallest absolute Gasteiger partial charge is 0.152 e. The molecule has 0 amide bonds. The highest BCUT2D eigenvalue weighted by molar-refractivity contribution is 6.31. The minimum absolute atomic E-state index is 0.355. The van der Waals surface area contributed by atoms with Crippen LogP contribution in [-0.2, 0) is 0 Å².